The van der Waals surface area contributed by atoms with Crippen molar-refractivity contribution >= 4 is 5.97 Å². The molecule has 0 bridgehead atoms. The lowest BCUT2D eigenvalue weighted by molar-refractivity contribution is -0.352. The first-order valence-electron chi connectivity index (χ1n) is 7.84. The van der Waals surface area contributed by atoms with Gasteiger partial charge in [-0.15, -0.1) is 0 Å². The van der Waals surface area contributed by atoms with Crippen molar-refractivity contribution in [2.75, 3.05) is 20.8 Å². The van der Waals surface area contributed by atoms with Crippen LogP contribution in [0, 0.1) is 0 Å². The molecule has 2 heterocycles. The van der Waals surface area contributed by atoms with Gasteiger partial charge in [-0.2, -0.15) is 0 Å². The Balaban J connectivity index is 2.19. The molecular weight excluding hydrogens is 360 g/mol. The van der Waals surface area contributed by atoms with Gasteiger partial charge in [-0.1, -0.05) is 0 Å². The van der Waals surface area contributed by atoms with Crippen LogP contribution in [0.25, 0.3) is 0 Å². The van der Waals surface area contributed by atoms with Crippen molar-refractivity contribution in [1.29, 1.82) is 0 Å². The van der Waals surface area contributed by atoms with Crippen LogP contribution in [-0.4, -0.2) is 119 Å². The summed E-state index contributed by atoms with van der Waals surface area (Å²) in [6, 6.07) is 0. The highest BCUT2D eigenvalue weighted by Crippen LogP contribution is 2.29. The zero-order valence-corrected chi connectivity index (χ0v) is 14.1. The Hall–Kier alpha value is -0.930. The van der Waals surface area contributed by atoms with E-state index in [2.05, 4.69) is 0 Å². The number of carboxylic acid groups (broad SMARTS) is 1. The van der Waals surface area contributed by atoms with Crippen LogP contribution in [0.15, 0.2) is 0 Å². The number of aliphatic hydroxyl groups is 5. The van der Waals surface area contributed by atoms with Gasteiger partial charge in [-0.3, -0.25) is 0 Å². The first-order chi connectivity index (χ1) is 12.2. The maximum absolute atomic E-state index is 11.3. The SMILES string of the molecule is COCC1O[C@H](O[C@@H]2C(C(=O)O)O[C@H](O)C(O)[C@H]2O)C(O)[C@@H](O)[C@@H]1OC. The highest BCUT2D eigenvalue weighted by atomic mass is 16.7. The van der Waals surface area contributed by atoms with E-state index >= 15 is 0 Å². The Morgan fingerprint density at radius 2 is 1.54 bits per heavy atom. The molecule has 2 rings (SSSR count). The molecule has 2 aliphatic heterocycles. The molecule has 26 heavy (non-hydrogen) atoms. The molecule has 0 amide bonds. The molecule has 2 saturated heterocycles. The molecule has 6 N–H and O–H groups in total. The van der Waals surface area contributed by atoms with Crippen molar-refractivity contribution in [1.82, 2.24) is 0 Å². The third kappa shape index (κ3) is 4.14. The largest absolute Gasteiger partial charge is 0.479 e. The minimum absolute atomic E-state index is 0.0322. The van der Waals surface area contributed by atoms with E-state index in [1.54, 1.807) is 0 Å². The Kier molecular flexibility index (Phi) is 7.27. The van der Waals surface area contributed by atoms with E-state index in [0.29, 0.717) is 0 Å². The number of ether oxygens (including phenoxy) is 5. The van der Waals surface area contributed by atoms with Gasteiger partial charge in [0.05, 0.1) is 6.61 Å². The molecule has 4 unspecified atom stereocenters. The first kappa shape index (κ1) is 21.4. The number of carboxylic acids is 1. The second kappa shape index (κ2) is 8.84. The Labute approximate surface area is 148 Å². The summed E-state index contributed by atoms with van der Waals surface area (Å²) in [5.74, 6) is -1.57. The second-order valence-corrected chi connectivity index (χ2v) is 6.05. The maximum atomic E-state index is 11.3. The molecular formula is C14H24O12. The van der Waals surface area contributed by atoms with Crippen LogP contribution in [0.1, 0.15) is 0 Å². The predicted octanol–water partition coefficient (Wildman–Crippen LogP) is -4.00. The lowest BCUT2D eigenvalue weighted by atomic mass is 9.96. The predicted molar refractivity (Wildman–Crippen MR) is 78.7 cm³/mol. The fourth-order valence-corrected chi connectivity index (χ4v) is 2.96. The van der Waals surface area contributed by atoms with E-state index in [1.807, 2.05) is 0 Å². The number of hydrogen-bond acceptors (Lipinski definition) is 11. The molecule has 0 radical (unpaired) electrons. The zero-order chi connectivity index (χ0) is 19.6. The molecule has 0 aromatic heterocycles. The fraction of sp³-hybridized carbons (Fsp3) is 0.929. The summed E-state index contributed by atoms with van der Waals surface area (Å²) in [7, 11) is 2.67. The summed E-state index contributed by atoms with van der Waals surface area (Å²) in [6.45, 7) is -0.0322. The van der Waals surface area contributed by atoms with Crippen LogP contribution in [0.3, 0.4) is 0 Å². The summed E-state index contributed by atoms with van der Waals surface area (Å²) in [5, 5.41) is 58.8. The van der Waals surface area contributed by atoms with Crippen molar-refractivity contribution in [3.63, 3.8) is 0 Å². The quantitative estimate of drug-likeness (QED) is 0.261. The van der Waals surface area contributed by atoms with Crippen molar-refractivity contribution in [2.45, 2.75) is 61.4 Å². The van der Waals surface area contributed by atoms with E-state index < -0.39 is 67.4 Å². The third-order valence-corrected chi connectivity index (χ3v) is 4.34. The molecule has 2 aliphatic rings. The van der Waals surface area contributed by atoms with E-state index in [4.69, 9.17) is 23.7 Å². The number of hydrogen-bond donors (Lipinski definition) is 6. The van der Waals surface area contributed by atoms with E-state index in [9.17, 15) is 35.4 Å². The zero-order valence-electron chi connectivity index (χ0n) is 14.1. The topological polar surface area (TPSA) is 185 Å². The molecule has 0 spiro atoms. The molecule has 12 nitrogen and oxygen atoms in total. The van der Waals surface area contributed by atoms with Crippen LogP contribution in [0.2, 0.25) is 0 Å². The fourth-order valence-electron chi connectivity index (χ4n) is 2.96. The normalized spacial score (nSPS) is 46.9. The molecule has 2 fully saturated rings. The van der Waals surface area contributed by atoms with Crippen LogP contribution < -0.4 is 0 Å². The third-order valence-electron chi connectivity index (χ3n) is 4.34. The molecule has 10 atom stereocenters. The van der Waals surface area contributed by atoms with Gasteiger partial charge in [0.25, 0.3) is 0 Å². The molecule has 0 saturated carbocycles. The van der Waals surface area contributed by atoms with Crippen molar-refractivity contribution in [2.24, 2.45) is 0 Å². The summed E-state index contributed by atoms with van der Waals surface area (Å²) in [5.41, 5.74) is 0. The lowest BCUT2D eigenvalue weighted by Gasteiger charge is -2.45. The summed E-state index contributed by atoms with van der Waals surface area (Å²) >= 11 is 0. The Bertz CT molecular complexity index is 475. The average Bonchev–Trinajstić information content (AvgIpc) is 2.59. The highest BCUT2D eigenvalue weighted by molar-refractivity contribution is 5.73. The minimum atomic E-state index is -1.94. The van der Waals surface area contributed by atoms with Gasteiger partial charge in [0, 0.05) is 14.2 Å². The van der Waals surface area contributed by atoms with E-state index in [-0.39, 0.29) is 6.61 Å². The van der Waals surface area contributed by atoms with Crippen molar-refractivity contribution < 1.29 is 59.1 Å². The van der Waals surface area contributed by atoms with Crippen molar-refractivity contribution in [3.05, 3.63) is 0 Å². The average molecular weight is 384 g/mol. The van der Waals surface area contributed by atoms with Crippen molar-refractivity contribution in [3.8, 4) is 0 Å². The van der Waals surface area contributed by atoms with Crippen LogP contribution >= 0.6 is 0 Å². The molecule has 0 aliphatic carbocycles. The van der Waals surface area contributed by atoms with Gasteiger partial charge in [0.15, 0.2) is 18.7 Å². The van der Waals surface area contributed by atoms with E-state index in [0.717, 1.165) is 0 Å². The monoisotopic (exact) mass is 384 g/mol. The number of methoxy groups -OCH3 is 2. The summed E-state index contributed by atoms with van der Waals surface area (Å²) in [6.07, 6.45) is -15.7. The number of aliphatic carboxylic acids is 1. The van der Waals surface area contributed by atoms with Crippen LogP contribution in [0.5, 0.6) is 0 Å². The van der Waals surface area contributed by atoms with Gasteiger partial charge in [-0.25, -0.2) is 4.79 Å². The molecule has 12 heteroatoms. The molecule has 0 aromatic carbocycles. The van der Waals surface area contributed by atoms with Crippen LogP contribution in [0.4, 0.5) is 0 Å². The van der Waals surface area contributed by atoms with Gasteiger partial charge in [0.2, 0.25) is 0 Å². The van der Waals surface area contributed by atoms with Gasteiger partial charge < -0.3 is 54.3 Å². The number of aliphatic hydroxyl groups excluding tert-OH is 5. The molecule has 152 valence electrons. The highest BCUT2D eigenvalue weighted by Gasteiger charge is 2.52. The number of rotatable bonds is 6. The Morgan fingerprint density at radius 3 is 2.08 bits per heavy atom. The molecule has 0 aromatic rings. The number of carbonyl (C=O) groups is 1. The maximum Gasteiger partial charge on any atom is 0.335 e. The van der Waals surface area contributed by atoms with Gasteiger partial charge in [0.1, 0.15) is 42.7 Å². The standard InChI is InChI=1S/C14H24O12/c1-22-3-4-9(23-2)6(16)8(18)14(24-4)26-10-5(15)7(17)13(21)25-11(10)12(19)20/h4-11,13-18,21H,3H2,1-2H3,(H,19,20)/t4?,5-,6-,7?,8?,9-,10+,11?,13+,14-/m1/s1. The Morgan fingerprint density at radius 1 is 0.923 bits per heavy atom. The second-order valence-electron chi connectivity index (χ2n) is 6.05. The van der Waals surface area contributed by atoms with Crippen LogP contribution in [-0.2, 0) is 28.5 Å². The van der Waals surface area contributed by atoms with E-state index in [1.165, 1.54) is 14.2 Å². The lowest BCUT2D eigenvalue weighted by Crippen LogP contribution is -2.65. The van der Waals surface area contributed by atoms with Gasteiger partial charge in [-0.05, 0) is 0 Å². The van der Waals surface area contributed by atoms with Gasteiger partial charge >= 0.3 is 5.97 Å². The summed E-state index contributed by atoms with van der Waals surface area (Å²) in [4.78, 5) is 11.3. The first-order valence-corrected chi connectivity index (χ1v) is 7.84. The minimum Gasteiger partial charge on any atom is -0.479 e. The summed E-state index contributed by atoms with van der Waals surface area (Å²) < 4.78 is 25.6. The smallest absolute Gasteiger partial charge is 0.335 e.